The van der Waals surface area contributed by atoms with E-state index in [2.05, 4.69) is 17.4 Å². The zero-order chi connectivity index (χ0) is 19.4. The first-order valence-electron chi connectivity index (χ1n) is 9.35. The molecular weight excluding hydrogens is 340 g/mol. The van der Waals surface area contributed by atoms with Crippen LogP contribution in [-0.2, 0) is 16.8 Å². The van der Waals surface area contributed by atoms with Gasteiger partial charge in [-0.2, -0.15) is 0 Å². The first-order chi connectivity index (χ1) is 13.0. The summed E-state index contributed by atoms with van der Waals surface area (Å²) in [5.74, 6) is 0.592. The average molecular weight is 366 g/mol. The van der Waals surface area contributed by atoms with Crippen LogP contribution in [0.5, 0.6) is 5.75 Å². The van der Waals surface area contributed by atoms with Crippen molar-refractivity contribution in [2.45, 2.75) is 38.6 Å². The second-order valence-corrected chi connectivity index (χ2v) is 6.92. The first kappa shape index (κ1) is 19.0. The molecule has 27 heavy (non-hydrogen) atoms. The molecule has 0 bridgehead atoms. The van der Waals surface area contributed by atoms with Crippen LogP contribution in [0.1, 0.15) is 36.5 Å². The monoisotopic (exact) mass is 366 g/mol. The molecule has 1 N–H and O–H groups in total. The van der Waals surface area contributed by atoms with Gasteiger partial charge in [0.15, 0.2) is 0 Å². The minimum Gasteiger partial charge on any atom is -0.496 e. The fourth-order valence-electron chi connectivity index (χ4n) is 3.70. The van der Waals surface area contributed by atoms with E-state index in [9.17, 15) is 9.59 Å². The van der Waals surface area contributed by atoms with E-state index in [4.69, 9.17) is 4.74 Å². The zero-order valence-corrected chi connectivity index (χ0v) is 16.1. The largest absolute Gasteiger partial charge is 0.496 e. The molecule has 1 saturated heterocycles. The summed E-state index contributed by atoms with van der Waals surface area (Å²) in [5.41, 5.74) is 1.94. The molecule has 1 unspecified atom stereocenters. The number of methoxy groups -OCH3 is 1. The lowest BCUT2D eigenvalue weighted by molar-refractivity contribution is -0.131. The van der Waals surface area contributed by atoms with Gasteiger partial charge in [-0.25, -0.2) is 4.79 Å². The second kappa shape index (κ2) is 7.82. The van der Waals surface area contributed by atoms with E-state index in [1.54, 1.807) is 7.11 Å². The van der Waals surface area contributed by atoms with E-state index in [1.807, 2.05) is 50.2 Å². The maximum absolute atomic E-state index is 13.2. The number of carbonyl (C=O) groups is 2. The van der Waals surface area contributed by atoms with Gasteiger partial charge in [0.25, 0.3) is 5.91 Å². The van der Waals surface area contributed by atoms with Gasteiger partial charge < -0.3 is 10.1 Å². The molecular formula is C22H26N2O3. The number of carbonyl (C=O) groups excluding carboxylic acids is 2. The summed E-state index contributed by atoms with van der Waals surface area (Å²) in [6, 6.07) is 15.4. The molecule has 2 aromatic rings. The number of benzene rings is 2. The van der Waals surface area contributed by atoms with E-state index in [0.717, 1.165) is 29.7 Å². The van der Waals surface area contributed by atoms with Gasteiger partial charge in [0, 0.05) is 6.54 Å². The van der Waals surface area contributed by atoms with Gasteiger partial charge in [0.2, 0.25) is 0 Å². The van der Waals surface area contributed by atoms with Crippen LogP contribution in [-0.4, -0.2) is 30.5 Å². The van der Waals surface area contributed by atoms with Crippen molar-refractivity contribution < 1.29 is 14.3 Å². The molecule has 0 aromatic heterocycles. The summed E-state index contributed by atoms with van der Waals surface area (Å²) in [7, 11) is 1.62. The molecule has 1 aliphatic rings. The maximum atomic E-state index is 13.2. The fraction of sp³-hybridized carbons (Fsp3) is 0.364. The van der Waals surface area contributed by atoms with Gasteiger partial charge in [-0.1, -0.05) is 43.3 Å². The van der Waals surface area contributed by atoms with Crippen LogP contribution in [0.3, 0.4) is 0 Å². The zero-order valence-electron chi connectivity index (χ0n) is 16.1. The van der Waals surface area contributed by atoms with Gasteiger partial charge in [0.05, 0.1) is 7.11 Å². The lowest BCUT2D eigenvalue weighted by Gasteiger charge is -2.26. The lowest BCUT2D eigenvalue weighted by atomic mass is 9.86. The van der Waals surface area contributed by atoms with E-state index < -0.39 is 5.54 Å². The molecule has 142 valence electrons. The molecule has 3 rings (SSSR count). The summed E-state index contributed by atoms with van der Waals surface area (Å²) >= 11 is 0. The van der Waals surface area contributed by atoms with Gasteiger partial charge in [-0.05, 0) is 55.0 Å². The number of ether oxygens (including phenoxy) is 1. The standard InChI is InChI=1S/C22H26N2O3/c1-4-22(18-12-13-19(27-3)16(2)15-18)20(25)24(21(26)23-22)14-8-11-17-9-6-5-7-10-17/h5-7,9-10,12-13,15H,4,8,11,14H2,1-3H3,(H,23,26). The molecule has 5 nitrogen and oxygen atoms in total. The van der Waals surface area contributed by atoms with Gasteiger partial charge in [0.1, 0.15) is 11.3 Å². The van der Waals surface area contributed by atoms with Crippen LogP contribution in [0.4, 0.5) is 4.79 Å². The summed E-state index contributed by atoms with van der Waals surface area (Å²) in [5, 5.41) is 2.94. The number of rotatable bonds is 7. The van der Waals surface area contributed by atoms with Crippen molar-refractivity contribution in [1.82, 2.24) is 10.2 Å². The molecule has 1 atom stereocenters. The number of hydrogen-bond acceptors (Lipinski definition) is 3. The molecule has 5 heteroatoms. The summed E-state index contributed by atoms with van der Waals surface area (Å²) in [6.45, 7) is 4.27. The highest BCUT2D eigenvalue weighted by molar-refractivity contribution is 6.07. The molecule has 2 aromatic carbocycles. The quantitative estimate of drug-likeness (QED) is 0.759. The number of aryl methyl sites for hydroxylation is 2. The number of urea groups is 1. The summed E-state index contributed by atoms with van der Waals surface area (Å²) < 4.78 is 5.31. The summed E-state index contributed by atoms with van der Waals surface area (Å²) in [6.07, 6.45) is 2.07. The van der Waals surface area contributed by atoms with Crippen molar-refractivity contribution in [2.75, 3.05) is 13.7 Å². The highest BCUT2D eigenvalue weighted by atomic mass is 16.5. The van der Waals surface area contributed by atoms with Gasteiger partial charge in [-0.15, -0.1) is 0 Å². The highest BCUT2D eigenvalue weighted by Gasteiger charge is 2.51. The number of imide groups is 1. The minimum atomic E-state index is -0.999. The normalized spacial score (nSPS) is 19.3. The predicted molar refractivity (Wildman–Crippen MR) is 105 cm³/mol. The molecule has 0 spiro atoms. The van der Waals surface area contributed by atoms with Crippen LogP contribution < -0.4 is 10.1 Å². The van der Waals surface area contributed by atoms with Crippen LogP contribution in [0.2, 0.25) is 0 Å². The van der Waals surface area contributed by atoms with Crippen molar-refractivity contribution in [3.8, 4) is 5.75 Å². The lowest BCUT2D eigenvalue weighted by Crippen LogP contribution is -2.43. The number of amides is 3. The number of nitrogens with zero attached hydrogens (tertiary/aromatic N) is 1. The average Bonchev–Trinajstić information content (AvgIpc) is 2.93. The van der Waals surface area contributed by atoms with Crippen molar-refractivity contribution in [1.29, 1.82) is 0 Å². The second-order valence-electron chi connectivity index (χ2n) is 6.92. The SMILES string of the molecule is CCC1(c2ccc(OC)c(C)c2)NC(=O)N(CCCc2ccccc2)C1=O. The van der Waals surface area contributed by atoms with E-state index in [1.165, 1.54) is 10.5 Å². The Balaban J connectivity index is 1.77. The van der Waals surface area contributed by atoms with Crippen LogP contribution >= 0.6 is 0 Å². The van der Waals surface area contributed by atoms with Crippen molar-refractivity contribution in [2.24, 2.45) is 0 Å². The Morgan fingerprint density at radius 2 is 1.85 bits per heavy atom. The molecule has 3 amide bonds. The third-order valence-electron chi connectivity index (χ3n) is 5.28. The fourth-order valence-corrected chi connectivity index (χ4v) is 3.70. The summed E-state index contributed by atoms with van der Waals surface area (Å²) in [4.78, 5) is 27.1. The predicted octanol–water partition coefficient (Wildman–Crippen LogP) is 3.79. The van der Waals surface area contributed by atoms with Crippen LogP contribution in [0, 0.1) is 6.92 Å². The van der Waals surface area contributed by atoms with Crippen LogP contribution in [0.25, 0.3) is 0 Å². The third kappa shape index (κ3) is 3.54. The Hall–Kier alpha value is -2.82. The Bertz CT molecular complexity index is 835. The molecule has 1 fully saturated rings. The molecule has 0 radical (unpaired) electrons. The molecule has 0 saturated carbocycles. The van der Waals surface area contributed by atoms with Gasteiger partial charge in [-0.3, -0.25) is 9.69 Å². The third-order valence-corrected chi connectivity index (χ3v) is 5.28. The van der Waals surface area contributed by atoms with E-state index >= 15 is 0 Å². The molecule has 0 aliphatic carbocycles. The Morgan fingerprint density at radius 1 is 1.11 bits per heavy atom. The van der Waals surface area contributed by atoms with Crippen LogP contribution in [0.15, 0.2) is 48.5 Å². The van der Waals surface area contributed by atoms with E-state index in [-0.39, 0.29) is 11.9 Å². The van der Waals surface area contributed by atoms with Crippen molar-refractivity contribution >= 4 is 11.9 Å². The minimum absolute atomic E-state index is 0.173. The van der Waals surface area contributed by atoms with Crippen molar-refractivity contribution in [3.05, 3.63) is 65.2 Å². The first-order valence-corrected chi connectivity index (χ1v) is 9.35. The highest BCUT2D eigenvalue weighted by Crippen LogP contribution is 2.34. The van der Waals surface area contributed by atoms with Crippen molar-refractivity contribution in [3.63, 3.8) is 0 Å². The number of hydrogen-bond donors (Lipinski definition) is 1. The molecule has 1 heterocycles. The topological polar surface area (TPSA) is 58.6 Å². The van der Waals surface area contributed by atoms with Gasteiger partial charge >= 0.3 is 6.03 Å². The smallest absolute Gasteiger partial charge is 0.325 e. The Labute approximate surface area is 160 Å². The van der Waals surface area contributed by atoms with E-state index in [0.29, 0.717) is 13.0 Å². The maximum Gasteiger partial charge on any atom is 0.325 e. The number of nitrogens with one attached hydrogen (secondary N) is 1. The Kier molecular flexibility index (Phi) is 5.49. The molecule has 1 aliphatic heterocycles. The Morgan fingerprint density at radius 3 is 2.48 bits per heavy atom.